The Kier molecular flexibility index (Phi) is 3.87. The number of aliphatic hydroxyl groups excluding tert-OH is 1. The average Bonchev–Trinajstić information content (AvgIpc) is 1.61. The van der Waals surface area contributed by atoms with Gasteiger partial charge in [-0.25, -0.2) is 0 Å². The van der Waals surface area contributed by atoms with E-state index in [4.69, 9.17) is 5.11 Å². The summed E-state index contributed by atoms with van der Waals surface area (Å²) in [6.45, 7) is 1.20. The van der Waals surface area contributed by atoms with Gasteiger partial charge >= 0.3 is 8.34 Å². The van der Waals surface area contributed by atoms with E-state index in [0.717, 1.165) is 0 Å². The van der Waals surface area contributed by atoms with Gasteiger partial charge in [-0.1, -0.05) is 0 Å². The van der Waals surface area contributed by atoms with Gasteiger partial charge in [-0.15, -0.1) is 4.52 Å². The van der Waals surface area contributed by atoms with Gasteiger partial charge in [0.05, 0.1) is 10.3 Å². The first-order chi connectivity index (χ1) is 3.63. The Labute approximate surface area is 47.5 Å². The second kappa shape index (κ2) is 3.89. The summed E-state index contributed by atoms with van der Waals surface area (Å²) in [6.07, 6.45) is -0.760. The highest BCUT2D eigenvalue weighted by Gasteiger charge is 2.16. The van der Waals surface area contributed by atoms with Crippen molar-refractivity contribution in [3.8, 4) is 0 Å². The fraction of sp³-hybridized carbons (Fsp3) is 1.00. The third-order valence-corrected chi connectivity index (χ3v) is 0.769. The molecular formula is C3H7FO3P+. The van der Waals surface area contributed by atoms with Crippen LogP contribution in [0.4, 0.5) is 4.20 Å². The van der Waals surface area contributed by atoms with Gasteiger partial charge in [-0.05, 0) is 6.92 Å². The maximum Gasteiger partial charge on any atom is 0.746 e. The van der Waals surface area contributed by atoms with Crippen molar-refractivity contribution in [2.24, 2.45) is 0 Å². The van der Waals surface area contributed by atoms with Crippen molar-refractivity contribution in [2.75, 3.05) is 6.61 Å². The zero-order valence-electron chi connectivity index (χ0n) is 4.37. The highest BCUT2D eigenvalue weighted by atomic mass is 31.2. The zero-order chi connectivity index (χ0) is 6.57. The van der Waals surface area contributed by atoms with Gasteiger partial charge in [0, 0.05) is 4.57 Å². The molecule has 0 saturated carbocycles. The van der Waals surface area contributed by atoms with Gasteiger partial charge in [0.2, 0.25) is 0 Å². The van der Waals surface area contributed by atoms with Crippen molar-refractivity contribution in [3.63, 3.8) is 0 Å². The summed E-state index contributed by atoms with van der Waals surface area (Å²) in [7, 11) is -3.04. The van der Waals surface area contributed by atoms with Crippen LogP contribution in [0.15, 0.2) is 0 Å². The molecule has 0 spiro atoms. The largest absolute Gasteiger partial charge is 0.746 e. The Hall–Kier alpha value is -0.0500. The summed E-state index contributed by atoms with van der Waals surface area (Å²) >= 11 is 0. The molecule has 2 unspecified atom stereocenters. The smallest absolute Gasteiger partial charge is 0.391 e. The Morgan fingerprint density at radius 1 is 2.00 bits per heavy atom. The van der Waals surface area contributed by atoms with Crippen molar-refractivity contribution in [1.29, 1.82) is 0 Å². The number of halogens is 1. The summed E-state index contributed by atoms with van der Waals surface area (Å²) < 4.78 is 24.6. The molecule has 0 saturated heterocycles. The minimum absolute atomic E-state index is 0.217. The van der Waals surface area contributed by atoms with E-state index < -0.39 is 14.4 Å². The van der Waals surface area contributed by atoms with Crippen LogP contribution in [0, 0.1) is 0 Å². The molecule has 0 aromatic carbocycles. The van der Waals surface area contributed by atoms with Crippen molar-refractivity contribution < 1.29 is 18.4 Å². The lowest BCUT2D eigenvalue weighted by Gasteiger charge is -1.91. The maximum absolute atomic E-state index is 11.2. The second-order valence-electron chi connectivity index (χ2n) is 1.36. The average molecular weight is 141 g/mol. The standard InChI is InChI=1S/C3H7FO3P/c1-3(5)2-7-8(4)6/h3,5H,2H2,1H3/q+1. The molecule has 5 heteroatoms. The number of rotatable bonds is 3. The summed E-state index contributed by atoms with van der Waals surface area (Å²) in [5.41, 5.74) is 0. The highest BCUT2D eigenvalue weighted by Crippen LogP contribution is 2.22. The van der Waals surface area contributed by atoms with Gasteiger partial charge in [-0.3, -0.25) is 0 Å². The first-order valence-electron chi connectivity index (χ1n) is 2.07. The highest BCUT2D eigenvalue weighted by molar-refractivity contribution is 7.32. The lowest BCUT2D eigenvalue weighted by molar-refractivity contribution is 0.123. The van der Waals surface area contributed by atoms with E-state index in [1.807, 2.05) is 0 Å². The lowest BCUT2D eigenvalue weighted by Crippen LogP contribution is -2.05. The zero-order valence-corrected chi connectivity index (χ0v) is 5.27. The molecule has 0 amide bonds. The fourth-order valence-corrected chi connectivity index (χ4v) is 0.499. The summed E-state index contributed by atoms with van der Waals surface area (Å²) in [5.74, 6) is 0. The van der Waals surface area contributed by atoms with Gasteiger partial charge in [0.15, 0.2) is 0 Å². The molecule has 0 aromatic rings. The molecule has 0 bridgehead atoms. The molecule has 0 aliphatic carbocycles. The van der Waals surface area contributed by atoms with E-state index in [-0.39, 0.29) is 6.61 Å². The monoisotopic (exact) mass is 141 g/mol. The molecule has 0 fully saturated rings. The van der Waals surface area contributed by atoms with E-state index in [1.165, 1.54) is 6.92 Å². The van der Waals surface area contributed by atoms with Crippen LogP contribution in [-0.4, -0.2) is 17.8 Å². The molecule has 8 heavy (non-hydrogen) atoms. The first-order valence-corrected chi connectivity index (χ1v) is 3.14. The van der Waals surface area contributed by atoms with Crippen molar-refractivity contribution in [2.45, 2.75) is 13.0 Å². The Balaban J connectivity index is 3.05. The maximum atomic E-state index is 11.2. The minimum Gasteiger partial charge on any atom is -0.391 e. The van der Waals surface area contributed by atoms with Crippen LogP contribution in [-0.2, 0) is 9.09 Å². The molecule has 0 rings (SSSR count). The molecule has 0 aromatic heterocycles. The predicted octanol–water partition coefficient (Wildman–Crippen LogP) is 1.01. The summed E-state index contributed by atoms with van der Waals surface area (Å²) in [5, 5.41) is 8.38. The van der Waals surface area contributed by atoms with Crippen LogP contribution in [0.5, 0.6) is 0 Å². The van der Waals surface area contributed by atoms with Crippen molar-refractivity contribution in [3.05, 3.63) is 0 Å². The van der Waals surface area contributed by atoms with E-state index in [9.17, 15) is 8.76 Å². The van der Waals surface area contributed by atoms with Gasteiger partial charge in [0.1, 0.15) is 6.61 Å². The van der Waals surface area contributed by atoms with E-state index in [2.05, 4.69) is 4.52 Å². The van der Waals surface area contributed by atoms with Crippen LogP contribution < -0.4 is 0 Å². The molecule has 0 radical (unpaired) electrons. The van der Waals surface area contributed by atoms with Gasteiger partial charge < -0.3 is 5.11 Å². The number of hydrogen-bond acceptors (Lipinski definition) is 3. The topological polar surface area (TPSA) is 46.5 Å². The Bertz CT molecular complexity index is 84.6. The third kappa shape index (κ3) is 5.95. The molecule has 0 heterocycles. The van der Waals surface area contributed by atoms with Crippen molar-refractivity contribution >= 4 is 8.34 Å². The van der Waals surface area contributed by atoms with E-state index in [1.54, 1.807) is 0 Å². The lowest BCUT2D eigenvalue weighted by atomic mass is 10.5. The number of hydrogen-bond donors (Lipinski definition) is 1. The SMILES string of the molecule is CC(O)CO[P+](=O)F. The molecule has 1 N–H and O–H groups in total. The molecule has 0 aliphatic heterocycles. The van der Waals surface area contributed by atoms with E-state index >= 15 is 0 Å². The normalized spacial score (nSPS) is 15.6. The summed E-state index contributed by atoms with van der Waals surface area (Å²) in [4.78, 5) is 0. The predicted molar refractivity (Wildman–Crippen MR) is 26.3 cm³/mol. The fourth-order valence-electron chi connectivity index (χ4n) is 0.166. The third-order valence-electron chi connectivity index (χ3n) is 0.417. The first kappa shape index (κ1) is 7.95. The van der Waals surface area contributed by atoms with Crippen LogP contribution in [0.2, 0.25) is 0 Å². The van der Waals surface area contributed by atoms with Crippen LogP contribution in [0.25, 0.3) is 0 Å². The quantitative estimate of drug-likeness (QED) is 0.596. The molecular weight excluding hydrogens is 134 g/mol. The van der Waals surface area contributed by atoms with E-state index in [0.29, 0.717) is 0 Å². The minimum atomic E-state index is -3.04. The molecule has 48 valence electrons. The van der Waals surface area contributed by atoms with Gasteiger partial charge in [-0.2, -0.15) is 0 Å². The molecule has 0 aliphatic rings. The van der Waals surface area contributed by atoms with Gasteiger partial charge in [0.25, 0.3) is 0 Å². The van der Waals surface area contributed by atoms with Crippen LogP contribution in [0.3, 0.4) is 0 Å². The summed E-state index contributed by atoms with van der Waals surface area (Å²) in [6, 6.07) is 0. The molecule has 2 atom stereocenters. The Morgan fingerprint density at radius 3 is 2.62 bits per heavy atom. The molecule has 3 nitrogen and oxygen atoms in total. The second-order valence-corrected chi connectivity index (χ2v) is 2.04. The van der Waals surface area contributed by atoms with Crippen LogP contribution >= 0.6 is 8.34 Å². The van der Waals surface area contributed by atoms with Crippen molar-refractivity contribution in [1.82, 2.24) is 0 Å². The number of aliphatic hydroxyl groups is 1. The Morgan fingerprint density at radius 2 is 2.50 bits per heavy atom. The van der Waals surface area contributed by atoms with Crippen LogP contribution in [0.1, 0.15) is 6.92 Å².